The smallest absolute Gasteiger partial charge is 0.338 e. The van der Waals surface area contributed by atoms with Gasteiger partial charge in [-0.05, 0) is 23.3 Å². The zero-order valence-electron chi connectivity index (χ0n) is 14.9. The highest BCUT2D eigenvalue weighted by Crippen LogP contribution is 2.35. The van der Waals surface area contributed by atoms with E-state index in [1.807, 2.05) is 0 Å². The van der Waals surface area contributed by atoms with Gasteiger partial charge in [0.2, 0.25) is 0 Å². The fourth-order valence-electron chi connectivity index (χ4n) is 3.25. The topological polar surface area (TPSA) is 68.0 Å². The van der Waals surface area contributed by atoms with Gasteiger partial charge in [0.25, 0.3) is 0 Å². The summed E-state index contributed by atoms with van der Waals surface area (Å²) in [5, 5.41) is 17.3. The van der Waals surface area contributed by atoms with Gasteiger partial charge in [-0.1, -0.05) is 30.3 Å². The van der Waals surface area contributed by atoms with Crippen molar-refractivity contribution in [2.24, 2.45) is 7.05 Å². The Morgan fingerprint density at radius 3 is 2.28 bits per heavy atom. The Kier molecular flexibility index (Phi) is 4.59. The number of hydrogen-bond donors (Lipinski definition) is 1. The Hall–Kier alpha value is -3.25. The van der Waals surface area contributed by atoms with Crippen LogP contribution in [0.15, 0.2) is 42.5 Å². The lowest BCUT2D eigenvalue weighted by atomic mass is 9.96. The molecule has 4 aromatic rings. The number of rotatable bonds is 3. The monoisotopic (exact) mass is 415 g/mol. The fourth-order valence-corrected chi connectivity index (χ4v) is 3.69. The predicted octanol–water partition coefficient (Wildman–Crippen LogP) is 3.92. The van der Waals surface area contributed by atoms with Crippen LogP contribution < -0.4 is 5.30 Å². The summed E-state index contributed by atoms with van der Waals surface area (Å²) in [5.74, 6) is -4.99. The molecule has 0 spiro atoms. The number of carboxylic acid groups (broad SMARTS) is 1. The third-order valence-corrected chi connectivity index (χ3v) is 5.07. The van der Waals surface area contributed by atoms with Crippen molar-refractivity contribution in [1.82, 2.24) is 15.0 Å². The first-order chi connectivity index (χ1) is 13.8. The molecule has 0 aliphatic rings. The lowest BCUT2D eigenvalue weighted by molar-refractivity contribution is 0.0699. The maximum Gasteiger partial charge on any atom is 0.338 e. The largest absolute Gasteiger partial charge is 0.478 e. The zero-order chi connectivity index (χ0) is 20.9. The molecule has 0 bridgehead atoms. The van der Waals surface area contributed by atoms with Crippen molar-refractivity contribution in [3.05, 3.63) is 65.5 Å². The minimum Gasteiger partial charge on any atom is -0.478 e. The van der Waals surface area contributed by atoms with Crippen LogP contribution in [0.3, 0.4) is 0 Å². The van der Waals surface area contributed by atoms with E-state index in [2.05, 4.69) is 19.4 Å². The molecule has 0 saturated carbocycles. The summed E-state index contributed by atoms with van der Waals surface area (Å²) >= 11 is 0. The highest BCUT2D eigenvalue weighted by molar-refractivity contribution is 7.28. The van der Waals surface area contributed by atoms with Crippen molar-refractivity contribution < 1.29 is 23.1 Å². The molecule has 1 atom stereocenters. The summed E-state index contributed by atoms with van der Waals surface area (Å²) in [5.41, 5.74) is -0.809. The second-order valence-electron chi connectivity index (χ2n) is 6.36. The Balaban J connectivity index is 2.03. The van der Waals surface area contributed by atoms with Crippen molar-refractivity contribution in [2.45, 2.75) is 0 Å². The molecule has 1 heterocycles. The van der Waals surface area contributed by atoms with Gasteiger partial charge < -0.3 is 5.11 Å². The second-order valence-corrected chi connectivity index (χ2v) is 6.94. The van der Waals surface area contributed by atoms with E-state index in [0.717, 1.165) is 10.9 Å². The molecular weight excluding hydrogens is 402 g/mol. The van der Waals surface area contributed by atoms with Crippen molar-refractivity contribution in [3.8, 4) is 22.3 Å². The first kappa shape index (κ1) is 19.1. The number of carboxylic acids is 1. The number of fused-ring (bicyclic) bond motifs is 1. The van der Waals surface area contributed by atoms with Crippen LogP contribution in [0.25, 0.3) is 33.3 Å². The molecule has 0 amide bonds. The average molecular weight is 415 g/mol. The van der Waals surface area contributed by atoms with Crippen LogP contribution in [-0.4, -0.2) is 26.1 Å². The van der Waals surface area contributed by atoms with Crippen LogP contribution in [0.2, 0.25) is 0 Å². The van der Waals surface area contributed by atoms with Gasteiger partial charge >= 0.3 is 5.97 Å². The minimum absolute atomic E-state index is 0.0667. The molecule has 1 aromatic heterocycles. The number of nitrogens with zero attached hydrogens (tertiary/aromatic N) is 3. The second kappa shape index (κ2) is 6.97. The van der Waals surface area contributed by atoms with Gasteiger partial charge in [-0.3, -0.25) is 0 Å². The summed E-state index contributed by atoms with van der Waals surface area (Å²) in [6, 6.07) is 10.4. The highest BCUT2D eigenvalue weighted by Gasteiger charge is 2.26. The van der Waals surface area contributed by atoms with E-state index in [0.29, 0.717) is 5.56 Å². The molecule has 0 radical (unpaired) electrons. The molecule has 146 valence electrons. The van der Waals surface area contributed by atoms with Crippen molar-refractivity contribution in [2.75, 3.05) is 0 Å². The molecule has 0 aliphatic carbocycles. The third-order valence-electron chi connectivity index (χ3n) is 4.53. The van der Waals surface area contributed by atoms with Crippen LogP contribution in [0.1, 0.15) is 10.4 Å². The van der Waals surface area contributed by atoms with Crippen LogP contribution in [0, 0.1) is 17.5 Å². The van der Waals surface area contributed by atoms with E-state index < -0.39 is 29.0 Å². The molecule has 1 unspecified atom stereocenters. The number of aromatic carboxylic acids is 1. The van der Waals surface area contributed by atoms with Gasteiger partial charge in [0.15, 0.2) is 11.6 Å². The van der Waals surface area contributed by atoms with Gasteiger partial charge in [-0.2, -0.15) is 15.0 Å². The standard InChI is InChI=1S/C20H13F3N3O2P/c1-26-24-12-8-10(7-11(20(27)28)18(12)25-26)13-15(21)16(22)14(19(29)17(13)23)9-5-3-2-4-6-9/h2-8H,29H2,1H3,(H,27,28). The first-order valence-electron chi connectivity index (χ1n) is 8.39. The quantitative estimate of drug-likeness (QED) is 0.407. The van der Waals surface area contributed by atoms with Gasteiger partial charge in [0.1, 0.15) is 16.9 Å². The van der Waals surface area contributed by atoms with Crippen LogP contribution >= 0.6 is 9.24 Å². The van der Waals surface area contributed by atoms with Gasteiger partial charge in [-0.15, -0.1) is 9.24 Å². The normalized spacial score (nSPS) is 11.2. The third kappa shape index (κ3) is 3.06. The molecule has 0 fully saturated rings. The Bertz CT molecular complexity index is 1260. The van der Waals surface area contributed by atoms with E-state index in [-0.39, 0.29) is 33.0 Å². The summed E-state index contributed by atoms with van der Waals surface area (Å²) < 4.78 is 45.1. The molecule has 1 N–H and O–H groups in total. The molecule has 5 nitrogen and oxygen atoms in total. The molecule has 0 aliphatic heterocycles. The molecular formula is C20H13F3N3O2P. The molecule has 9 heteroatoms. The van der Waals surface area contributed by atoms with E-state index >= 15 is 4.39 Å². The van der Waals surface area contributed by atoms with E-state index in [9.17, 15) is 18.7 Å². The highest BCUT2D eigenvalue weighted by atomic mass is 31.0. The average Bonchev–Trinajstić information content (AvgIpc) is 3.07. The maximum absolute atomic E-state index is 15.2. The number of aromatic nitrogens is 3. The number of hydrogen-bond acceptors (Lipinski definition) is 3. The molecule has 4 rings (SSSR count). The molecule has 3 aromatic carbocycles. The van der Waals surface area contributed by atoms with Crippen molar-refractivity contribution in [3.63, 3.8) is 0 Å². The minimum atomic E-state index is -1.41. The maximum atomic E-state index is 15.2. The van der Waals surface area contributed by atoms with Gasteiger partial charge in [0, 0.05) is 17.9 Å². The van der Waals surface area contributed by atoms with Crippen LogP contribution in [0.5, 0.6) is 0 Å². The van der Waals surface area contributed by atoms with E-state index in [4.69, 9.17) is 0 Å². The number of carbonyl (C=O) groups is 1. The molecule has 0 saturated heterocycles. The van der Waals surface area contributed by atoms with Crippen molar-refractivity contribution in [1.29, 1.82) is 0 Å². The number of aryl methyl sites for hydroxylation is 1. The Labute approximate surface area is 165 Å². The van der Waals surface area contributed by atoms with Gasteiger partial charge in [-0.25, -0.2) is 18.0 Å². The van der Waals surface area contributed by atoms with Crippen LogP contribution in [0.4, 0.5) is 13.2 Å². The SMILES string of the molecule is Cn1nc2cc(-c3c(F)c(F)c(-c4ccccc4)c(P)c3F)cc(C(=O)O)c2n1. The van der Waals surface area contributed by atoms with E-state index in [1.165, 1.54) is 13.1 Å². The predicted molar refractivity (Wildman–Crippen MR) is 106 cm³/mol. The summed E-state index contributed by atoms with van der Waals surface area (Å²) in [6.07, 6.45) is 0. The first-order valence-corrected chi connectivity index (χ1v) is 8.97. The summed E-state index contributed by atoms with van der Waals surface area (Å²) in [4.78, 5) is 12.8. The van der Waals surface area contributed by atoms with Crippen LogP contribution in [-0.2, 0) is 7.05 Å². The lowest BCUT2D eigenvalue weighted by Crippen LogP contribution is -2.12. The summed E-state index contributed by atoms with van der Waals surface area (Å²) in [7, 11) is 3.58. The zero-order valence-corrected chi connectivity index (χ0v) is 16.1. The number of benzene rings is 3. The summed E-state index contributed by atoms with van der Waals surface area (Å²) in [6.45, 7) is 0. The Morgan fingerprint density at radius 1 is 0.966 bits per heavy atom. The van der Waals surface area contributed by atoms with Gasteiger partial charge in [0.05, 0.1) is 11.1 Å². The number of halogens is 3. The van der Waals surface area contributed by atoms with E-state index in [1.54, 1.807) is 30.3 Å². The van der Waals surface area contributed by atoms with Crippen molar-refractivity contribution >= 4 is 31.5 Å². The lowest BCUT2D eigenvalue weighted by Gasteiger charge is -2.15. The Morgan fingerprint density at radius 2 is 1.62 bits per heavy atom. The fraction of sp³-hybridized carbons (Fsp3) is 0.0500. The molecule has 29 heavy (non-hydrogen) atoms.